The van der Waals surface area contributed by atoms with E-state index in [9.17, 15) is 8.42 Å². The number of nitrogens with zero attached hydrogens (tertiary/aromatic N) is 4. The van der Waals surface area contributed by atoms with Gasteiger partial charge in [-0.1, -0.05) is 0 Å². The highest BCUT2D eigenvalue weighted by atomic mass is 32.2. The number of anilines is 1. The summed E-state index contributed by atoms with van der Waals surface area (Å²) in [5.41, 5.74) is 5.60. The van der Waals surface area contributed by atoms with E-state index in [2.05, 4.69) is 14.8 Å². The van der Waals surface area contributed by atoms with Crippen LogP contribution in [0.4, 0.5) is 5.82 Å². The molecule has 0 aliphatic heterocycles. The average molecular weight is 297 g/mol. The van der Waals surface area contributed by atoms with E-state index in [1.54, 1.807) is 25.6 Å². The molecule has 9 nitrogen and oxygen atoms in total. The first-order valence-electron chi connectivity index (χ1n) is 5.61. The second-order valence-electron chi connectivity index (χ2n) is 4.29. The van der Waals surface area contributed by atoms with Crippen molar-refractivity contribution in [1.82, 2.24) is 19.3 Å². The van der Waals surface area contributed by atoms with Gasteiger partial charge < -0.3 is 10.3 Å². The number of nitrogen functional groups attached to an aromatic ring is 1. The van der Waals surface area contributed by atoms with Crippen LogP contribution < -0.4 is 10.5 Å². The van der Waals surface area contributed by atoms with Crippen molar-refractivity contribution in [3.8, 4) is 0 Å². The summed E-state index contributed by atoms with van der Waals surface area (Å²) in [6.45, 7) is 1.70. The molecule has 0 aliphatic carbocycles. The van der Waals surface area contributed by atoms with Crippen LogP contribution in [0.3, 0.4) is 0 Å². The molecule has 0 spiro atoms. The molecule has 108 valence electrons. The molecule has 0 radical (unpaired) electrons. The van der Waals surface area contributed by atoms with Crippen LogP contribution in [-0.2, 0) is 24.1 Å². The summed E-state index contributed by atoms with van der Waals surface area (Å²) in [6, 6.07) is 0. The Balaban J connectivity index is 2.43. The maximum Gasteiger partial charge on any atom is 0.282 e. The summed E-state index contributed by atoms with van der Waals surface area (Å²) < 4.78 is 29.8. The van der Waals surface area contributed by atoms with Gasteiger partial charge in [-0.15, -0.1) is 0 Å². The molecule has 0 fully saturated rings. The molecule has 0 atom stereocenters. The normalized spacial score (nSPS) is 11.6. The largest absolute Gasteiger partial charge is 0.384 e. The molecule has 10 heteroatoms. The van der Waals surface area contributed by atoms with Crippen LogP contribution in [0, 0.1) is 12.3 Å². The monoisotopic (exact) mass is 297 g/mol. The van der Waals surface area contributed by atoms with E-state index < -0.39 is 10.0 Å². The molecule has 0 bridgehead atoms. The number of hydrogen-bond donors (Lipinski definition) is 3. The van der Waals surface area contributed by atoms with E-state index in [-0.39, 0.29) is 22.2 Å². The quantitative estimate of drug-likeness (QED) is 0.519. The molecule has 0 amide bonds. The SMILES string of the molecule is Cc1nc(S(=O)(=O)Nc2c(C(=N)N)cnn2C)cn1C. The van der Waals surface area contributed by atoms with Gasteiger partial charge in [-0.3, -0.25) is 14.8 Å². The van der Waals surface area contributed by atoms with Crippen molar-refractivity contribution in [2.24, 2.45) is 19.8 Å². The summed E-state index contributed by atoms with van der Waals surface area (Å²) in [6.07, 6.45) is 2.73. The van der Waals surface area contributed by atoms with Crippen LogP contribution in [0.1, 0.15) is 11.4 Å². The fourth-order valence-corrected chi connectivity index (χ4v) is 2.74. The predicted molar refractivity (Wildman–Crippen MR) is 73.0 cm³/mol. The molecule has 2 rings (SSSR count). The molecule has 0 saturated heterocycles. The third-order valence-electron chi connectivity index (χ3n) is 2.82. The highest BCUT2D eigenvalue weighted by molar-refractivity contribution is 7.92. The number of hydrogen-bond acceptors (Lipinski definition) is 5. The first-order chi connectivity index (χ1) is 9.22. The zero-order chi connectivity index (χ0) is 15.1. The highest BCUT2D eigenvalue weighted by Crippen LogP contribution is 2.18. The molecule has 0 unspecified atom stereocenters. The highest BCUT2D eigenvalue weighted by Gasteiger charge is 2.22. The minimum Gasteiger partial charge on any atom is -0.384 e. The number of nitrogens with two attached hydrogens (primary N) is 1. The van der Waals surface area contributed by atoms with E-state index in [1.165, 1.54) is 17.1 Å². The zero-order valence-corrected chi connectivity index (χ0v) is 12.1. The summed E-state index contributed by atoms with van der Waals surface area (Å²) in [7, 11) is -0.608. The van der Waals surface area contributed by atoms with Gasteiger partial charge in [0.05, 0.1) is 11.8 Å². The van der Waals surface area contributed by atoms with Crippen LogP contribution in [0.2, 0.25) is 0 Å². The average Bonchev–Trinajstić information content (AvgIpc) is 2.85. The Morgan fingerprint density at radius 1 is 1.45 bits per heavy atom. The minimum absolute atomic E-state index is 0.104. The number of aryl methyl sites for hydroxylation is 3. The Morgan fingerprint density at radius 2 is 2.10 bits per heavy atom. The second-order valence-corrected chi connectivity index (χ2v) is 5.92. The van der Waals surface area contributed by atoms with Crippen LogP contribution in [-0.4, -0.2) is 33.6 Å². The zero-order valence-electron chi connectivity index (χ0n) is 11.2. The van der Waals surface area contributed by atoms with E-state index in [4.69, 9.17) is 11.1 Å². The van der Waals surface area contributed by atoms with Crippen LogP contribution in [0.25, 0.3) is 0 Å². The van der Waals surface area contributed by atoms with Gasteiger partial charge in [-0.05, 0) is 6.92 Å². The van der Waals surface area contributed by atoms with E-state index in [0.717, 1.165) is 0 Å². The van der Waals surface area contributed by atoms with Gasteiger partial charge in [0.2, 0.25) is 0 Å². The van der Waals surface area contributed by atoms with Gasteiger partial charge >= 0.3 is 0 Å². The lowest BCUT2D eigenvalue weighted by atomic mass is 10.3. The summed E-state index contributed by atoms with van der Waals surface area (Å²) in [5, 5.41) is 11.2. The first kappa shape index (κ1) is 14.1. The number of sulfonamides is 1. The Morgan fingerprint density at radius 3 is 2.60 bits per heavy atom. The maximum atomic E-state index is 12.3. The van der Waals surface area contributed by atoms with Gasteiger partial charge in [0, 0.05) is 20.3 Å². The van der Waals surface area contributed by atoms with Gasteiger partial charge in [0.1, 0.15) is 17.5 Å². The fourth-order valence-electron chi connectivity index (χ4n) is 1.59. The Bertz CT molecular complexity index is 752. The number of aromatic nitrogens is 4. The molecule has 0 aliphatic rings. The van der Waals surface area contributed by atoms with Crippen LogP contribution in [0.15, 0.2) is 17.4 Å². The summed E-state index contributed by atoms with van der Waals surface area (Å²) >= 11 is 0. The van der Waals surface area contributed by atoms with Crippen LogP contribution >= 0.6 is 0 Å². The van der Waals surface area contributed by atoms with Gasteiger partial charge in [0.15, 0.2) is 5.03 Å². The van der Waals surface area contributed by atoms with E-state index in [0.29, 0.717) is 5.82 Å². The van der Waals surface area contributed by atoms with Crippen molar-refractivity contribution in [3.63, 3.8) is 0 Å². The Labute approximate surface area is 116 Å². The summed E-state index contributed by atoms with van der Waals surface area (Å²) in [4.78, 5) is 3.96. The number of amidine groups is 1. The molecule has 4 N–H and O–H groups in total. The van der Waals surface area contributed by atoms with Gasteiger partial charge in [-0.2, -0.15) is 13.5 Å². The second kappa shape index (κ2) is 4.63. The maximum absolute atomic E-state index is 12.3. The lowest BCUT2D eigenvalue weighted by Crippen LogP contribution is -2.20. The third-order valence-corrected chi connectivity index (χ3v) is 4.03. The number of imidazole rings is 1. The molecule has 20 heavy (non-hydrogen) atoms. The fraction of sp³-hybridized carbons (Fsp3) is 0.300. The summed E-state index contributed by atoms with van der Waals surface area (Å²) in [5.74, 6) is 0.427. The molecule has 2 heterocycles. The first-order valence-corrected chi connectivity index (χ1v) is 7.10. The lowest BCUT2D eigenvalue weighted by molar-refractivity contribution is 0.597. The Hall–Kier alpha value is -2.36. The molecular formula is C10H15N7O2S. The smallest absolute Gasteiger partial charge is 0.282 e. The molecule has 2 aromatic rings. The lowest BCUT2D eigenvalue weighted by Gasteiger charge is -2.08. The van der Waals surface area contributed by atoms with Crippen molar-refractivity contribution in [2.75, 3.05) is 4.72 Å². The van der Waals surface area contributed by atoms with E-state index in [1.807, 2.05) is 0 Å². The van der Waals surface area contributed by atoms with Crippen molar-refractivity contribution >= 4 is 21.7 Å². The van der Waals surface area contributed by atoms with Crippen molar-refractivity contribution < 1.29 is 8.42 Å². The number of rotatable bonds is 4. The molecule has 2 aromatic heterocycles. The third kappa shape index (κ3) is 2.37. The molecule has 0 saturated carbocycles. The van der Waals surface area contributed by atoms with Crippen LogP contribution in [0.5, 0.6) is 0 Å². The molecular weight excluding hydrogens is 282 g/mol. The number of nitrogens with one attached hydrogen (secondary N) is 2. The predicted octanol–water partition coefficient (Wildman–Crippen LogP) is -0.453. The molecule has 0 aromatic carbocycles. The Kier molecular flexibility index (Phi) is 3.26. The van der Waals surface area contributed by atoms with Gasteiger partial charge in [-0.25, -0.2) is 4.98 Å². The van der Waals surface area contributed by atoms with Crippen molar-refractivity contribution in [3.05, 3.63) is 23.8 Å². The van der Waals surface area contributed by atoms with Crippen molar-refractivity contribution in [2.45, 2.75) is 11.9 Å². The minimum atomic E-state index is -3.86. The van der Waals surface area contributed by atoms with E-state index >= 15 is 0 Å². The van der Waals surface area contributed by atoms with Crippen molar-refractivity contribution in [1.29, 1.82) is 5.41 Å². The van der Waals surface area contributed by atoms with Gasteiger partial charge in [0.25, 0.3) is 10.0 Å². The topological polar surface area (TPSA) is 132 Å². The standard InChI is InChI=1S/C10H15N7O2S/c1-6-14-8(5-16(6)2)20(18,19)15-10-7(9(11)12)4-13-17(10)3/h4-5,15H,1-3H3,(H3,11,12).